The Kier molecular flexibility index (Phi) is 4.89. The Labute approximate surface area is 69.1 Å². The molecule has 0 fully saturated rings. The maximum atomic E-state index is 5.40. The van der Waals surface area contributed by atoms with Gasteiger partial charge in [0.1, 0.15) is 0 Å². The molecule has 0 atom stereocenters. The minimum atomic E-state index is 0.898. The first kappa shape index (κ1) is 8.62. The molecule has 0 unspecified atom stereocenters. The van der Waals surface area contributed by atoms with E-state index in [1.54, 1.807) is 0 Å². The lowest BCUT2D eigenvalue weighted by Crippen LogP contribution is -1.95. The number of ether oxygens (including phenoxy) is 1. The fourth-order valence-electron chi connectivity index (χ4n) is 1.14. The third-order valence-corrected chi connectivity index (χ3v) is 1.81. The second kappa shape index (κ2) is 6.24. The summed E-state index contributed by atoms with van der Waals surface area (Å²) in [4.78, 5) is 0. The summed E-state index contributed by atoms with van der Waals surface area (Å²) in [6.07, 6.45) is 6.93. The molecular formula is C10H16O. The molecule has 0 aromatic carbocycles. The minimum Gasteiger partial charge on any atom is -0.381 e. The van der Waals surface area contributed by atoms with Gasteiger partial charge in [-0.05, 0) is 19.3 Å². The predicted molar refractivity (Wildman–Crippen MR) is 46.3 cm³/mol. The lowest BCUT2D eigenvalue weighted by Gasteiger charge is -2.00. The number of hydrogen-bond acceptors (Lipinski definition) is 1. The monoisotopic (exact) mass is 152 g/mol. The van der Waals surface area contributed by atoms with Crippen LogP contribution in [0.2, 0.25) is 0 Å². The highest BCUT2D eigenvalue weighted by atomic mass is 16.5. The van der Waals surface area contributed by atoms with E-state index in [9.17, 15) is 0 Å². The number of rotatable bonds is 0. The van der Waals surface area contributed by atoms with Crippen molar-refractivity contribution < 1.29 is 4.74 Å². The summed E-state index contributed by atoms with van der Waals surface area (Å²) < 4.78 is 5.40. The van der Waals surface area contributed by atoms with Crippen LogP contribution in [0.25, 0.3) is 0 Å². The zero-order valence-corrected chi connectivity index (χ0v) is 7.07. The molecule has 62 valence electrons. The molecule has 1 heterocycles. The average Bonchev–Trinajstić information content (AvgIpc) is 2.08. The highest BCUT2D eigenvalue weighted by molar-refractivity contribution is 4.98. The molecule has 0 radical (unpaired) electrons. The lowest BCUT2D eigenvalue weighted by atomic mass is 10.2. The van der Waals surface area contributed by atoms with E-state index in [2.05, 4.69) is 11.8 Å². The normalized spacial score (nSPS) is 21.1. The Balaban J connectivity index is 2.15. The Hall–Kier alpha value is -0.480. The maximum absolute atomic E-state index is 5.40. The van der Waals surface area contributed by atoms with Crippen molar-refractivity contribution in [1.82, 2.24) is 0 Å². The molecule has 0 bridgehead atoms. The summed E-state index contributed by atoms with van der Waals surface area (Å²) in [7, 11) is 0. The maximum Gasteiger partial charge on any atom is 0.0475 e. The van der Waals surface area contributed by atoms with E-state index >= 15 is 0 Å². The number of hydrogen-bond donors (Lipinski definition) is 0. The van der Waals surface area contributed by atoms with Crippen LogP contribution in [0.5, 0.6) is 0 Å². The summed E-state index contributed by atoms with van der Waals surface area (Å²) in [5.41, 5.74) is 0. The third kappa shape index (κ3) is 4.86. The van der Waals surface area contributed by atoms with Gasteiger partial charge in [-0.25, -0.2) is 0 Å². The Morgan fingerprint density at radius 2 is 1.45 bits per heavy atom. The van der Waals surface area contributed by atoms with Crippen LogP contribution >= 0.6 is 0 Å². The van der Waals surface area contributed by atoms with Gasteiger partial charge in [0.05, 0.1) is 0 Å². The van der Waals surface area contributed by atoms with E-state index in [1.807, 2.05) is 0 Å². The topological polar surface area (TPSA) is 9.23 Å². The quantitative estimate of drug-likeness (QED) is 0.484. The molecule has 0 N–H and O–H groups in total. The molecule has 1 heteroatoms. The molecule has 1 rings (SSSR count). The second-order valence-electron chi connectivity index (χ2n) is 2.88. The molecule has 1 aliphatic heterocycles. The predicted octanol–water partition coefficient (Wildman–Crippen LogP) is 2.36. The van der Waals surface area contributed by atoms with Gasteiger partial charge in [-0.1, -0.05) is 6.42 Å². The molecule has 1 nitrogen and oxygen atoms in total. The van der Waals surface area contributed by atoms with Crippen molar-refractivity contribution in [1.29, 1.82) is 0 Å². The van der Waals surface area contributed by atoms with Crippen molar-refractivity contribution in [2.45, 2.75) is 38.5 Å². The van der Waals surface area contributed by atoms with Crippen LogP contribution in [0.15, 0.2) is 0 Å². The van der Waals surface area contributed by atoms with Crippen molar-refractivity contribution in [2.24, 2.45) is 0 Å². The standard InChI is InChI=1S/C10H16O/c1-2-4-6-8-10-11-9-7-5-3-1/h1,3,5-10H2. The van der Waals surface area contributed by atoms with Gasteiger partial charge >= 0.3 is 0 Å². The molecule has 0 spiro atoms. The highest BCUT2D eigenvalue weighted by Gasteiger charge is 1.91. The molecule has 0 aromatic heterocycles. The van der Waals surface area contributed by atoms with Gasteiger partial charge in [0.2, 0.25) is 0 Å². The lowest BCUT2D eigenvalue weighted by molar-refractivity contribution is 0.129. The van der Waals surface area contributed by atoms with Crippen LogP contribution in [0.1, 0.15) is 38.5 Å². The fraction of sp³-hybridized carbons (Fsp3) is 0.800. The second-order valence-corrected chi connectivity index (χ2v) is 2.88. The van der Waals surface area contributed by atoms with Crippen molar-refractivity contribution in [3.63, 3.8) is 0 Å². The summed E-state index contributed by atoms with van der Waals surface area (Å²) >= 11 is 0. The minimum absolute atomic E-state index is 0.898. The molecule has 0 saturated heterocycles. The van der Waals surface area contributed by atoms with Gasteiger partial charge in [-0.3, -0.25) is 0 Å². The van der Waals surface area contributed by atoms with Crippen molar-refractivity contribution in [3.8, 4) is 11.8 Å². The first-order valence-electron chi connectivity index (χ1n) is 4.53. The van der Waals surface area contributed by atoms with Gasteiger partial charge < -0.3 is 4.74 Å². The summed E-state index contributed by atoms with van der Waals surface area (Å²) in [6.45, 7) is 1.84. The molecular weight excluding hydrogens is 136 g/mol. The smallest absolute Gasteiger partial charge is 0.0475 e. The molecule has 11 heavy (non-hydrogen) atoms. The Morgan fingerprint density at radius 3 is 2.36 bits per heavy atom. The van der Waals surface area contributed by atoms with Crippen molar-refractivity contribution >= 4 is 0 Å². The van der Waals surface area contributed by atoms with Crippen molar-refractivity contribution in [3.05, 3.63) is 0 Å². The molecule has 0 aromatic rings. The SMILES string of the molecule is C1#CCCCOCCCCC1. The van der Waals surface area contributed by atoms with E-state index in [4.69, 9.17) is 4.74 Å². The van der Waals surface area contributed by atoms with Crippen LogP contribution < -0.4 is 0 Å². The third-order valence-electron chi connectivity index (χ3n) is 1.81. The summed E-state index contributed by atoms with van der Waals surface area (Å²) in [5, 5.41) is 0. The average molecular weight is 152 g/mol. The van der Waals surface area contributed by atoms with Crippen LogP contribution in [-0.4, -0.2) is 13.2 Å². The largest absolute Gasteiger partial charge is 0.381 e. The zero-order chi connectivity index (χ0) is 7.78. The van der Waals surface area contributed by atoms with Crippen molar-refractivity contribution in [2.75, 3.05) is 13.2 Å². The first-order valence-corrected chi connectivity index (χ1v) is 4.53. The van der Waals surface area contributed by atoms with E-state index in [0.717, 1.165) is 32.5 Å². The van der Waals surface area contributed by atoms with Crippen LogP contribution in [-0.2, 0) is 4.74 Å². The van der Waals surface area contributed by atoms with E-state index < -0.39 is 0 Å². The summed E-state index contributed by atoms with van der Waals surface area (Å²) in [5.74, 6) is 6.33. The highest BCUT2D eigenvalue weighted by Crippen LogP contribution is 2.01. The zero-order valence-electron chi connectivity index (χ0n) is 7.07. The molecule has 0 aliphatic carbocycles. The van der Waals surface area contributed by atoms with Gasteiger partial charge in [-0.15, -0.1) is 11.8 Å². The van der Waals surface area contributed by atoms with Gasteiger partial charge in [-0.2, -0.15) is 0 Å². The van der Waals surface area contributed by atoms with E-state index in [-0.39, 0.29) is 0 Å². The fourth-order valence-corrected chi connectivity index (χ4v) is 1.14. The van der Waals surface area contributed by atoms with Gasteiger partial charge in [0, 0.05) is 26.1 Å². The molecule has 1 aliphatic rings. The molecule has 0 amide bonds. The van der Waals surface area contributed by atoms with Crippen LogP contribution in [0, 0.1) is 11.8 Å². The van der Waals surface area contributed by atoms with Gasteiger partial charge in [0.25, 0.3) is 0 Å². The van der Waals surface area contributed by atoms with E-state index in [0.29, 0.717) is 0 Å². The van der Waals surface area contributed by atoms with Gasteiger partial charge in [0.15, 0.2) is 0 Å². The Bertz CT molecular complexity index is 127. The van der Waals surface area contributed by atoms with E-state index in [1.165, 1.54) is 19.3 Å². The first-order chi connectivity index (χ1) is 5.50. The Morgan fingerprint density at radius 1 is 0.727 bits per heavy atom. The van der Waals surface area contributed by atoms with Crippen LogP contribution in [0.3, 0.4) is 0 Å². The van der Waals surface area contributed by atoms with Crippen LogP contribution in [0.4, 0.5) is 0 Å². The summed E-state index contributed by atoms with van der Waals surface area (Å²) in [6, 6.07) is 0. The molecule has 0 saturated carbocycles.